The van der Waals surface area contributed by atoms with Gasteiger partial charge < -0.3 is 10.0 Å². The predicted octanol–water partition coefficient (Wildman–Crippen LogP) is 1.14. The van der Waals surface area contributed by atoms with Crippen LogP contribution in [0.5, 0.6) is 0 Å². The Labute approximate surface area is 96.7 Å². The minimum atomic E-state index is -0.924. The van der Waals surface area contributed by atoms with Crippen molar-refractivity contribution >= 4 is 23.2 Å². The van der Waals surface area contributed by atoms with E-state index in [2.05, 4.69) is 4.98 Å². The summed E-state index contributed by atoms with van der Waals surface area (Å²) in [5.74, 6) is -1.14. The molecule has 86 valence electrons. The highest BCUT2D eigenvalue weighted by molar-refractivity contribution is 7.13. The third-order valence-corrected chi connectivity index (χ3v) is 3.53. The molecular weight excluding hydrogens is 228 g/mol. The number of rotatable bonds is 2. The number of thiazole rings is 1. The quantitative estimate of drug-likeness (QED) is 0.841. The molecule has 1 amide bonds. The van der Waals surface area contributed by atoms with Crippen molar-refractivity contribution in [2.24, 2.45) is 0 Å². The van der Waals surface area contributed by atoms with Gasteiger partial charge in [-0.2, -0.15) is 0 Å². The van der Waals surface area contributed by atoms with Crippen molar-refractivity contribution in [3.05, 3.63) is 16.1 Å². The van der Waals surface area contributed by atoms with Gasteiger partial charge in [-0.3, -0.25) is 4.79 Å². The summed E-state index contributed by atoms with van der Waals surface area (Å²) in [6, 6.07) is -0.671. The second-order valence-electron chi connectivity index (χ2n) is 3.74. The van der Waals surface area contributed by atoms with Crippen molar-refractivity contribution in [1.82, 2.24) is 9.88 Å². The summed E-state index contributed by atoms with van der Waals surface area (Å²) >= 11 is 1.30. The lowest BCUT2D eigenvalue weighted by Crippen LogP contribution is -2.40. The zero-order valence-corrected chi connectivity index (χ0v) is 9.66. The third-order valence-electron chi connectivity index (χ3n) is 2.63. The Morgan fingerprint density at radius 3 is 2.94 bits per heavy atom. The number of hydrogen-bond acceptors (Lipinski definition) is 4. The highest BCUT2D eigenvalue weighted by Crippen LogP contribution is 2.22. The molecule has 16 heavy (non-hydrogen) atoms. The summed E-state index contributed by atoms with van der Waals surface area (Å²) in [7, 11) is 0. The molecule has 1 fully saturated rings. The van der Waals surface area contributed by atoms with Gasteiger partial charge >= 0.3 is 5.97 Å². The number of carboxylic acids is 1. The molecular formula is C10H12N2O3S. The number of likely N-dealkylation sites (tertiary alicyclic amines) is 1. The van der Waals surface area contributed by atoms with Gasteiger partial charge in [0.25, 0.3) is 5.91 Å². The lowest BCUT2D eigenvalue weighted by molar-refractivity contribution is -0.141. The van der Waals surface area contributed by atoms with Crippen LogP contribution in [0, 0.1) is 6.92 Å². The Bertz CT molecular complexity index is 429. The Morgan fingerprint density at radius 2 is 2.38 bits per heavy atom. The zero-order valence-electron chi connectivity index (χ0n) is 8.84. The number of hydrogen-bond donors (Lipinski definition) is 1. The van der Waals surface area contributed by atoms with E-state index >= 15 is 0 Å². The van der Waals surface area contributed by atoms with Crippen molar-refractivity contribution in [2.75, 3.05) is 6.54 Å². The van der Waals surface area contributed by atoms with Crippen molar-refractivity contribution in [2.45, 2.75) is 25.8 Å². The Balaban J connectivity index is 2.18. The normalized spacial score (nSPS) is 20.1. The fraction of sp³-hybridized carbons (Fsp3) is 0.500. The minimum absolute atomic E-state index is 0.212. The largest absolute Gasteiger partial charge is 0.480 e. The van der Waals surface area contributed by atoms with E-state index in [1.165, 1.54) is 22.4 Å². The Kier molecular flexibility index (Phi) is 2.91. The summed E-state index contributed by atoms with van der Waals surface area (Å²) in [6.07, 6.45) is 2.80. The predicted molar refractivity (Wildman–Crippen MR) is 58.5 cm³/mol. The van der Waals surface area contributed by atoms with Gasteiger partial charge in [-0.15, -0.1) is 11.3 Å². The minimum Gasteiger partial charge on any atom is -0.480 e. The average molecular weight is 240 g/mol. The average Bonchev–Trinajstić information content (AvgIpc) is 2.84. The van der Waals surface area contributed by atoms with Crippen LogP contribution in [0.25, 0.3) is 0 Å². The molecule has 1 aliphatic rings. The first-order valence-corrected chi connectivity index (χ1v) is 5.87. The molecule has 0 aromatic carbocycles. The number of aliphatic carboxylic acids is 1. The van der Waals surface area contributed by atoms with Crippen molar-refractivity contribution in [3.63, 3.8) is 0 Å². The molecule has 1 saturated heterocycles. The fourth-order valence-corrected chi connectivity index (χ4v) is 2.60. The van der Waals surface area contributed by atoms with Gasteiger partial charge in [0.15, 0.2) is 0 Å². The molecule has 0 radical (unpaired) electrons. The van der Waals surface area contributed by atoms with Crippen LogP contribution in [0.2, 0.25) is 0 Å². The van der Waals surface area contributed by atoms with Crippen LogP contribution < -0.4 is 0 Å². The van der Waals surface area contributed by atoms with E-state index in [1.807, 2.05) is 6.92 Å². The molecule has 1 aromatic heterocycles. The maximum absolute atomic E-state index is 12.0. The number of aromatic nitrogens is 1. The molecule has 2 heterocycles. The molecule has 0 spiro atoms. The first-order valence-electron chi connectivity index (χ1n) is 5.06. The third kappa shape index (κ3) is 1.92. The maximum atomic E-state index is 12.0. The number of nitrogens with zero attached hydrogens (tertiary/aromatic N) is 2. The van der Waals surface area contributed by atoms with E-state index < -0.39 is 12.0 Å². The van der Waals surface area contributed by atoms with Gasteiger partial charge in [0.05, 0.1) is 11.2 Å². The first kappa shape index (κ1) is 11.1. The van der Waals surface area contributed by atoms with E-state index in [9.17, 15) is 9.59 Å². The standard InChI is InChI=1S/C10H12N2O3S/c1-6-11-5-8(16-6)9(13)12-4-2-3-7(12)10(14)15/h5,7H,2-4H2,1H3,(H,14,15)/t7-/m1/s1. The van der Waals surface area contributed by atoms with Gasteiger partial charge in [0.1, 0.15) is 10.9 Å². The summed E-state index contributed by atoms with van der Waals surface area (Å²) in [5.41, 5.74) is 0. The fourth-order valence-electron chi connectivity index (χ4n) is 1.87. The lowest BCUT2D eigenvalue weighted by Gasteiger charge is -2.20. The van der Waals surface area contributed by atoms with E-state index in [0.29, 0.717) is 17.8 Å². The van der Waals surface area contributed by atoms with E-state index in [1.54, 1.807) is 0 Å². The monoisotopic (exact) mass is 240 g/mol. The molecule has 0 aliphatic carbocycles. The van der Waals surface area contributed by atoms with Crippen molar-refractivity contribution in [1.29, 1.82) is 0 Å². The van der Waals surface area contributed by atoms with Crippen LogP contribution in [-0.4, -0.2) is 39.5 Å². The molecule has 2 rings (SSSR count). The number of aryl methyl sites for hydroxylation is 1. The van der Waals surface area contributed by atoms with Gasteiger partial charge in [-0.25, -0.2) is 9.78 Å². The highest BCUT2D eigenvalue weighted by Gasteiger charge is 2.34. The first-order chi connectivity index (χ1) is 7.59. The number of carbonyl (C=O) groups is 2. The van der Waals surface area contributed by atoms with Gasteiger partial charge in [-0.05, 0) is 19.8 Å². The van der Waals surface area contributed by atoms with Crippen molar-refractivity contribution < 1.29 is 14.7 Å². The van der Waals surface area contributed by atoms with Crippen LogP contribution >= 0.6 is 11.3 Å². The van der Waals surface area contributed by atoms with Crippen LogP contribution in [0.3, 0.4) is 0 Å². The number of amides is 1. The Morgan fingerprint density at radius 1 is 1.62 bits per heavy atom. The molecule has 1 aliphatic heterocycles. The van der Waals surface area contributed by atoms with Crippen LogP contribution in [0.15, 0.2) is 6.20 Å². The van der Waals surface area contributed by atoms with E-state index in [4.69, 9.17) is 5.11 Å². The highest BCUT2D eigenvalue weighted by atomic mass is 32.1. The topological polar surface area (TPSA) is 70.5 Å². The van der Waals surface area contributed by atoms with Crippen molar-refractivity contribution in [3.8, 4) is 0 Å². The van der Waals surface area contributed by atoms with E-state index in [-0.39, 0.29) is 5.91 Å². The molecule has 0 saturated carbocycles. The van der Waals surface area contributed by atoms with Gasteiger partial charge in [0, 0.05) is 6.54 Å². The molecule has 1 atom stereocenters. The number of carbonyl (C=O) groups excluding carboxylic acids is 1. The molecule has 0 bridgehead atoms. The summed E-state index contributed by atoms with van der Waals surface area (Å²) in [4.78, 5) is 28.9. The van der Waals surface area contributed by atoms with Gasteiger partial charge in [-0.1, -0.05) is 0 Å². The zero-order chi connectivity index (χ0) is 11.7. The summed E-state index contributed by atoms with van der Waals surface area (Å²) in [6.45, 7) is 2.34. The summed E-state index contributed by atoms with van der Waals surface area (Å²) in [5, 5.41) is 9.79. The molecule has 1 N–H and O–H groups in total. The van der Waals surface area contributed by atoms with Gasteiger partial charge in [0.2, 0.25) is 0 Å². The number of carboxylic acid groups (broad SMARTS) is 1. The smallest absolute Gasteiger partial charge is 0.326 e. The molecule has 1 aromatic rings. The molecule has 6 heteroatoms. The SMILES string of the molecule is Cc1ncc(C(=O)N2CCC[C@@H]2C(=O)O)s1. The van der Waals surface area contributed by atoms with Crippen LogP contribution in [0.4, 0.5) is 0 Å². The van der Waals surface area contributed by atoms with Crippen LogP contribution in [-0.2, 0) is 4.79 Å². The van der Waals surface area contributed by atoms with E-state index in [0.717, 1.165) is 11.4 Å². The maximum Gasteiger partial charge on any atom is 0.326 e. The lowest BCUT2D eigenvalue weighted by atomic mass is 10.2. The molecule has 5 nitrogen and oxygen atoms in total. The second-order valence-corrected chi connectivity index (χ2v) is 4.97. The second kappa shape index (κ2) is 4.21. The Hall–Kier alpha value is -1.43. The summed E-state index contributed by atoms with van der Waals surface area (Å²) < 4.78 is 0. The van der Waals surface area contributed by atoms with Crippen LogP contribution in [0.1, 0.15) is 27.5 Å². The molecule has 0 unspecified atom stereocenters.